The van der Waals surface area contributed by atoms with E-state index in [1.807, 2.05) is 18.2 Å². The van der Waals surface area contributed by atoms with Gasteiger partial charge in [-0.1, -0.05) is 41.6 Å². The van der Waals surface area contributed by atoms with Gasteiger partial charge in [0.15, 0.2) is 0 Å². The number of halogens is 1. The Morgan fingerprint density at radius 2 is 1.96 bits per heavy atom. The molecule has 2 N–H and O–H groups in total. The quantitative estimate of drug-likeness (QED) is 0.680. The number of carbonyl (C=O) groups excluding carboxylic acids is 1. The summed E-state index contributed by atoms with van der Waals surface area (Å²) in [5, 5.41) is 14.9. The molecule has 146 valence electrons. The van der Waals surface area contributed by atoms with Crippen molar-refractivity contribution in [1.29, 1.82) is 0 Å². The minimum Gasteiger partial charge on any atom is -0.354 e. The Kier molecular flexibility index (Phi) is 6.38. The van der Waals surface area contributed by atoms with Gasteiger partial charge in [0.2, 0.25) is 5.91 Å². The van der Waals surface area contributed by atoms with E-state index >= 15 is 0 Å². The molecule has 1 aromatic heterocycles. The number of rotatable bonds is 5. The first-order chi connectivity index (χ1) is 13.2. The van der Waals surface area contributed by atoms with Crippen molar-refractivity contribution in [1.82, 2.24) is 25.6 Å². The third-order valence-corrected chi connectivity index (χ3v) is 4.90. The molecule has 0 saturated heterocycles. The van der Waals surface area contributed by atoms with E-state index in [4.69, 9.17) is 0 Å². The lowest BCUT2D eigenvalue weighted by Gasteiger charge is -2.27. The number of hydrogen-bond acceptors (Lipinski definition) is 5. The Bertz CT molecular complexity index is 1040. The summed E-state index contributed by atoms with van der Waals surface area (Å²) in [7, 11) is 0. The Morgan fingerprint density at radius 3 is 2.86 bits per heavy atom. The summed E-state index contributed by atoms with van der Waals surface area (Å²) in [6.07, 6.45) is 1.19. The number of hydrogen-bond donors (Lipinski definition) is 2. The summed E-state index contributed by atoms with van der Waals surface area (Å²) in [5.41, 5.74) is 2.90. The molecule has 1 atom stereocenters. The van der Waals surface area contributed by atoms with Gasteiger partial charge >= 0.3 is 0 Å². The van der Waals surface area contributed by atoms with Crippen LogP contribution in [0, 0.1) is 0 Å². The van der Waals surface area contributed by atoms with E-state index in [2.05, 4.69) is 33.1 Å². The van der Waals surface area contributed by atoms with Gasteiger partial charge in [-0.3, -0.25) is 9.59 Å². The molecule has 2 aromatic carbocycles. The van der Waals surface area contributed by atoms with Crippen LogP contribution >= 0.6 is 12.4 Å². The smallest absolute Gasteiger partial charge is 0.277 e. The van der Waals surface area contributed by atoms with Gasteiger partial charge in [0.1, 0.15) is 5.52 Å². The van der Waals surface area contributed by atoms with Crippen LogP contribution in [0.2, 0.25) is 0 Å². The molecule has 1 aliphatic rings. The van der Waals surface area contributed by atoms with Crippen LogP contribution in [0.1, 0.15) is 23.6 Å². The number of nitrogens with zero attached hydrogens (tertiary/aromatic N) is 3. The summed E-state index contributed by atoms with van der Waals surface area (Å²) in [6, 6.07) is 15.5. The zero-order valence-electron chi connectivity index (χ0n) is 15.3. The SMILES string of the molecule is Cl.O=C(CCn1nnc2ccccc2c1=O)NCC1NCCc2ccccc21. The molecule has 8 heteroatoms. The van der Waals surface area contributed by atoms with Crippen LogP contribution in [-0.4, -0.2) is 34.0 Å². The molecule has 0 fully saturated rings. The lowest BCUT2D eigenvalue weighted by Crippen LogP contribution is -2.39. The molecule has 0 radical (unpaired) electrons. The van der Waals surface area contributed by atoms with E-state index < -0.39 is 0 Å². The second kappa shape index (κ2) is 8.95. The first-order valence-electron chi connectivity index (χ1n) is 9.13. The Morgan fingerprint density at radius 1 is 1.18 bits per heavy atom. The number of aryl methyl sites for hydroxylation is 1. The first-order valence-corrected chi connectivity index (χ1v) is 9.13. The number of aromatic nitrogens is 3. The normalized spacial score (nSPS) is 15.5. The molecule has 2 heterocycles. The molecule has 7 nitrogen and oxygen atoms in total. The predicted octanol–water partition coefficient (Wildman–Crippen LogP) is 1.61. The topological polar surface area (TPSA) is 88.9 Å². The van der Waals surface area contributed by atoms with Gasteiger partial charge in [-0.15, -0.1) is 17.5 Å². The zero-order chi connectivity index (χ0) is 18.6. The highest BCUT2D eigenvalue weighted by molar-refractivity contribution is 5.85. The first kappa shape index (κ1) is 20.0. The van der Waals surface area contributed by atoms with Crippen LogP contribution in [0.15, 0.2) is 53.3 Å². The average molecular weight is 400 g/mol. The van der Waals surface area contributed by atoms with E-state index in [1.54, 1.807) is 18.2 Å². The second-order valence-corrected chi connectivity index (χ2v) is 6.64. The van der Waals surface area contributed by atoms with Crippen LogP contribution in [-0.2, 0) is 17.8 Å². The third kappa shape index (κ3) is 4.21. The van der Waals surface area contributed by atoms with Crippen LogP contribution in [0.4, 0.5) is 0 Å². The monoisotopic (exact) mass is 399 g/mol. The largest absolute Gasteiger partial charge is 0.354 e. The fourth-order valence-electron chi connectivity index (χ4n) is 3.46. The average Bonchev–Trinajstić information content (AvgIpc) is 2.72. The maximum atomic E-state index is 12.4. The standard InChI is InChI=1S/C20H21N5O2.ClH/c26-19(22-13-18-15-6-2-1-5-14(15)9-11-21-18)10-12-25-20(27)16-7-3-4-8-17(16)23-24-25;/h1-8,18,21H,9-13H2,(H,22,26);1H. The van der Waals surface area contributed by atoms with Crippen molar-refractivity contribution in [2.75, 3.05) is 13.1 Å². The number of benzene rings is 2. The van der Waals surface area contributed by atoms with Crippen LogP contribution < -0.4 is 16.2 Å². The maximum Gasteiger partial charge on any atom is 0.277 e. The Labute approximate surface area is 168 Å². The molecule has 1 amide bonds. The number of carbonyl (C=O) groups is 1. The van der Waals surface area contributed by atoms with Crippen molar-refractivity contribution in [2.24, 2.45) is 0 Å². The molecular weight excluding hydrogens is 378 g/mol. The van der Waals surface area contributed by atoms with Gasteiger partial charge in [-0.2, -0.15) is 0 Å². The summed E-state index contributed by atoms with van der Waals surface area (Å²) in [4.78, 5) is 24.6. The highest BCUT2D eigenvalue weighted by atomic mass is 35.5. The summed E-state index contributed by atoms with van der Waals surface area (Å²) < 4.78 is 1.25. The van der Waals surface area contributed by atoms with Crippen molar-refractivity contribution in [3.63, 3.8) is 0 Å². The van der Waals surface area contributed by atoms with Crippen molar-refractivity contribution >= 4 is 29.2 Å². The van der Waals surface area contributed by atoms with Crippen molar-refractivity contribution in [3.05, 3.63) is 70.0 Å². The van der Waals surface area contributed by atoms with Gasteiger partial charge in [0.05, 0.1) is 11.9 Å². The van der Waals surface area contributed by atoms with E-state index in [-0.39, 0.29) is 42.9 Å². The maximum absolute atomic E-state index is 12.4. The number of fused-ring (bicyclic) bond motifs is 2. The minimum absolute atomic E-state index is 0. The van der Waals surface area contributed by atoms with Gasteiger partial charge in [0, 0.05) is 19.0 Å². The van der Waals surface area contributed by atoms with Crippen molar-refractivity contribution < 1.29 is 4.79 Å². The summed E-state index contributed by atoms with van der Waals surface area (Å²) >= 11 is 0. The summed E-state index contributed by atoms with van der Waals surface area (Å²) in [6.45, 7) is 1.63. The Balaban J connectivity index is 0.00000225. The third-order valence-electron chi connectivity index (χ3n) is 4.90. The molecule has 0 spiro atoms. The van der Waals surface area contributed by atoms with Crippen molar-refractivity contribution in [2.45, 2.75) is 25.4 Å². The molecule has 0 saturated carbocycles. The number of nitrogens with one attached hydrogen (secondary N) is 2. The zero-order valence-corrected chi connectivity index (χ0v) is 16.1. The number of amides is 1. The van der Waals surface area contributed by atoms with Gasteiger partial charge in [-0.05, 0) is 36.2 Å². The molecular formula is C20H22ClN5O2. The second-order valence-electron chi connectivity index (χ2n) is 6.64. The summed E-state index contributed by atoms with van der Waals surface area (Å²) in [5.74, 6) is -0.110. The molecule has 0 bridgehead atoms. The van der Waals surface area contributed by atoms with E-state index in [0.29, 0.717) is 17.4 Å². The van der Waals surface area contributed by atoms with Crippen molar-refractivity contribution in [3.8, 4) is 0 Å². The van der Waals surface area contributed by atoms with Crippen LogP contribution in [0.5, 0.6) is 0 Å². The lowest BCUT2D eigenvalue weighted by molar-refractivity contribution is -0.121. The molecule has 1 aliphatic heterocycles. The van der Waals surface area contributed by atoms with E-state index in [9.17, 15) is 9.59 Å². The Hall–Kier alpha value is -2.77. The van der Waals surface area contributed by atoms with Gasteiger partial charge in [-0.25, -0.2) is 4.68 Å². The highest BCUT2D eigenvalue weighted by Gasteiger charge is 2.19. The minimum atomic E-state index is -0.226. The molecule has 28 heavy (non-hydrogen) atoms. The van der Waals surface area contributed by atoms with Crippen LogP contribution in [0.25, 0.3) is 10.9 Å². The van der Waals surface area contributed by atoms with Crippen LogP contribution in [0.3, 0.4) is 0 Å². The fraction of sp³-hybridized carbons (Fsp3) is 0.300. The molecule has 4 rings (SSSR count). The fourth-order valence-corrected chi connectivity index (χ4v) is 3.46. The molecule has 3 aromatic rings. The lowest BCUT2D eigenvalue weighted by atomic mass is 9.94. The molecule has 0 aliphatic carbocycles. The van der Waals surface area contributed by atoms with Gasteiger partial charge < -0.3 is 10.6 Å². The predicted molar refractivity (Wildman–Crippen MR) is 110 cm³/mol. The van der Waals surface area contributed by atoms with Gasteiger partial charge in [0.25, 0.3) is 5.56 Å². The highest BCUT2D eigenvalue weighted by Crippen LogP contribution is 2.21. The van der Waals surface area contributed by atoms with E-state index in [1.165, 1.54) is 15.8 Å². The van der Waals surface area contributed by atoms with E-state index in [0.717, 1.165) is 13.0 Å². The molecule has 1 unspecified atom stereocenters.